The van der Waals surface area contributed by atoms with Crippen LogP contribution in [0, 0.1) is 0 Å². The van der Waals surface area contributed by atoms with Gasteiger partial charge in [0.05, 0.1) is 6.10 Å². The van der Waals surface area contributed by atoms with Gasteiger partial charge in [-0.05, 0) is 39.3 Å². The molecule has 1 fully saturated rings. The molecule has 2 N–H and O–H groups in total. The summed E-state index contributed by atoms with van der Waals surface area (Å²) in [6, 6.07) is 0.804. The maximum Gasteiger partial charge on any atom is 0.0693 e. The molecule has 3 atom stereocenters. The van der Waals surface area contributed by atoms with E-state index < -0.39 is 0 Å². The SMILES string of the molecule is CCN(CC)CC(C)N[C@@H]1CCC[C@H]1O. The molecule has 15 heavy (non-hydrogen) atoms. The maximum atomic E-state index is 9.71. The summed E-state index contributed by atoms with van der Waals surface area (Å²) in [5, 5.41) is 13.2. The largest absolute Gasteiger partial charge is 0.392 e. The molecule has 0 amide bonds. The van der Waals surface area contributed by atoms with Gasteiger partial charge in [0, 0.05) is 18.6 Å². The molecule has 1 aliphatic carbocycles. The number of nitrogens with one attached hydrogen (secondary N) is 1. The van der Waals surface area contributed by atoms with Crippen LogP contribution in [0.4, 0.5) is 0 Å². The van der Waals surface area contributed by atoms with Crippen LogP contribution in [0.15, 0.2) is 0 Å². The third-order valence-corrected chi connectivity index (χ3v) is 3.40. The first-order valence-electron chi connectivity index (χ1n) is 6.33. The predicted octanol–water partition coefficient (Wildman–Crippen LogP) is 1.22. The van der Waals surface area contributed by atoms with E-state index in [-0.39, 0.29) is 6.10 Å². The lowest BCUT2D eigenvalue weighted by atomic mass is 10.2. The third-order valence-electron chi connectivity index (χ3n) is 3.40. The number of aliphatic hydroxyl groups is 1. The summed E-state index contributed by atoms with van der Waals surface area (Å²) in [7, 11) is 0. The van der Waals surface area contributed by atoms with Crippen LogP contribution in [0.2, 0.25) is 0 Å². The Morgan fingerprint density at radius 1 is 1.33 bits per heavy atom. The molecule has 0 aromatic rings. The van der Waals surface area contributed by atoms with Gasteiger partial charge in [-0.25, -0.2) is 0 Å². The zero-order valence-corrected chi connectivity index (χ0v) is 10.4. The van der Waals surface area contributed by atoms with Crippen LogP contribution in [-0.4, -0.2) is 47.8 Å². The summed E-state index contributed by atoms with van der Waals surface area (Å²) in [5.74, 6) is 0. The van der Waals surface area contributed by atoms with Crippen molar-refractivity contribution in [3.63, 3.8) is 0 Å². The van der Waals surface area contributed by atoms with Crippen LogP contribution in [-0.2, 0) is 0 Å². The van der Waals surface area contributed by atoms with Crippen molar-refractivity contribution in [2.24, 2.45) is 0 Å². The van der Waals surface area contributed by atoms with Crippen LogP contribution in [0.25, 0.3) is 0 Å². The Bertz CT molecular complexity index is 171. The Hall–Kier alpha value is -0.120. The van der Waals surface area contributed by atoms with Crippen molar-refractivity contribution in [1.29, 1.82) is 0 Å². The highest BCUT2D eigenvalue weighted by molar-refractivity contribution is 4.85. The van der Waals surface area contributed by atoms with Crippen LogP contribution < -0.4 is 5.32 Å². The molecule has 1 rings (SSSR count). The van der Waals surface area contributed by atoms with Gasteiger partial charge in [-0.1, -0.05) is 13.8 Å². The summed E-state index contributed by atoms with van der Waals surface area (Å²) < 4.78 is 0. The average Bonchev–Trinajstić information content (AvgIpc) is 2.61. The van der Waals surface area contributed by atoms with Gasteiger partial charge in [-0.3, -0.25) is 0 Å². The highest BCUT2D eigenvalue weighted by atomic mass is 16.3. The molecule has 90 valence electrons. The molecule has 0 spiro atoms. The molecule has 3 heteroatoms. The van der Waals surface area contributed by atoms with Crippen molar-refractivity contribution >= 4 is 0 Å². The molecular formula is C12H26N2O. The molecule has 0 bridgehead atoms. The second-order valence-corrected chi connectivity index (χ2v) is 4.66. The minimum absolute atomic E-state index is 0.121. The average molecular weight is 214 g/mol. The normalized spacial score (nSPS) is 28.6. The molecule has 1 aliphatic rings. The monoisotopic (exact) mass is 214 g/mol. The molecule has 0 saturated heterocycles. The smallest absolute Gasteiger partial charge is 0.0693 e. The highest BCUT2D eigenvalue weighted by Gasteiger charge is 2.26. The van der Waals surface area contributed by atoms with Gasteiger partial charge < -0.3 is 15.3 Å². The highest BCUT2D eigenvalue weighted by Crippen LogP contribution is 2.19. The molecule has 0 heterocycles. The molecular weight excluding hydrogens is 188 g/mol. The molecule has 0 aromatic heterocycles. The zero-order valence-electron chi connectivity index (χ0n) is 10.4. The Morgan fingerprint density at radius 2 is 2.00 bits per heavy atom. The summed E-state index contributed by atoms with van der Waals surface area (Å²) in [6.07, 6.45) is 3.14. The lowest BCUT2D eigenvalue weighted by Gasteiger charge is -2.27. The second kappa shape index (κ2) is 6.46. The Labute approximate surface area is 93.9 Å². The van der Waals surface area contributed by atoms with E-state index in [2.05, 4.69) is 31.0 Å². The first-order chi connectivity index (χ1) is 7.17. The van der Waals surface area contributed by atoms with Gasteiger partial charge in [-0.15, -0.1) is 0 Å². The molecule has 1 saturated carbocycles. The number of rotatable bonds is 6. The van der Waals surface area contributed by atoms with E-state index >= 15 is 0 Å². The van der Waals surface area contributed by atoms with Crippen LogP contribution in [0.1, 0.15) is 40.0 Å². The minimum atomic E-state index is -0.121. The molecule has 0 aliphatic heterocycles. The number of hydrogen-bond donors (Lipinski definition) is 2. The van der Waals surface area contributed by atoms with Gasteiger partial charge >= 0.3 is 0 Å². The van der Waals surface area contributed by atoms with E-state index in [9.17, 15) is 5.11 Å². The summed E-state index contributed by atoms with van der Waals surface area (Å²) >= 11 is 0. The maximum absolute atomic E-state index is 9.71. The zero-order chi connectivity index (χ0) is 11.3. The van der Waals surface area contributed by atoms with Crippen molar-refractivity contribution < 1.29 is 5.11 Å². The predicted molar refractivity (Wildman–Crippen MR) is 64.0 cm³/mol. The Balaban J connectivity index is 2.25. The summed E-state index contributed by atoms with van der Waals surface area (Å²) in [6.45, 7) is 9.90. The van der Waals surface area contributed by atoms with E-state index in [1.807, 2.05) is 0 Å². The van der Waals surface area contributed by atoms with Crippen LogP contribution in [0.3, 0.4) is 0 Å². The van der Waals surface area contributed by atoms with E-state index in [0.29, 0.717) is 12.1 Å². The lowest BCUT2D eigenvalue weighted by molar-refractivity contribution is 0.138. The number of likely N-dealkylation sites (N-methyl/N-ethyl adjacent to an activating group) is 1. The van der Waals surface area contributed by atoms with Crippen molar-refractivity contribution in [2.45, 2.75) is 58.2 Å². The fourth-order valence-electron chi connectivity index (χ4n) is 2.42. The Kier molecular flexibility index (Phi) is 5.58. The lowest BCUT2D eigenvalue weighted by Crippen LogP contribution is -2.46. The topological polar surface area (TPSA) is 35.5 Å². The quantitative estimate of drug-likeness (QED) is 0.698. The van der Waals surface area contributed by atoms with Crippen LogP contribution >= 0.6 is 0 Å². The van der Waals surface area contributed by atoms with Gasteiger partial charge in [-0.2, -0.15) is 0 Å². The van der Waals surface area contributed by atoms with E-state index in [1.165, 1.54) is 0 Å². The standard InChI is InChI=1S/C12H26N2O/c1-4-14(5-2)9-10(3)13-11-7-6-8-12(11)15/h10-13,15H,4-9H2,1-3H3/t10?,11-,12-/m1/s1. The van der Waals surface area contributed by atoms with Crippen molar-refractivity contribution in [3.05, 3.63) is 0 Å². The van der Waals surface area contributed by atoms with Crippen molar-refractivity contribution in [1.82, 2.24) is 10.2 Å². The number of nitrogens with zero attached hydrogens (tertiary/aromatic N) is 1. The second-order valence-electron chi connectivity index (χ2n) is 4.66. The summed E-state index contributed by atoms with van der Waals surface area (Å²) in [4.78, 5) is 2.42. The first-order valence-corrected chi connectivity index (χ1v) is 6.33. The summed E-state index contributed by atoms with van der Waals surface area (Å²) in [5.41, 5.74) is 0. The molecule has 0 radical (unpaired) electrons. The van der Waals surface area contributed by atoms with Gasteiger partial charge in [0.25, 0.3) is 0 Å². The molecule has 0 aromatic carbocycles. The fourth-order valence-corrected chi connectivity index (χ4v) is 2.42. The van der Waals surface area contributed by atoms with Crippen molar-refractivity contribution in [2.75, 3.05) is 19.6 Å². The first kappa shape index (κ1) is 12.9. The van der Waals surface area contributed by atoms with E-state index in [4.69, 9.17) is 0 Å². The number of hydrogen-bond acceptors (Lipinski definition) is 3. The number of aliphatic hydroxyl groups excluding tert-OH is 1. The fraction of sp³-hybridized carbons (Fsp3) is 1.00. The van der Waals surface area contributed by atoms with Gasteiger partial charge in [0.1, 0.15) is 0 Å². The Morgan fingerprint density at radius 3 is 2.47 bits per heavy atom. The minimum Gasteiger partial charge on any atom is -0.392 e. The van der Waals surface area contributed by atoms with E-state index in [1.54, 1.807) is 0 Å². The van der Waals surface area contributed by atoms with Crippen molar-refractivity contribution in [3.8, 4) is 0 Å². The molecule has 1 unspecified atom stereocenters. The van der Waals surface area contributed by atoms with Gasteiger partial charge in [0.2, 0.25) is 0 Å². The molecule has 3 nitrogen and oxygen atoms in total. The van der Waals surface area contributed by atoms with Crippen LogP contribution in [0.5, 0.6) is 0 Å². The van der Waals surface area contributed by atoms with Gasteiger partial charge in [0.15, 0.2) is 0 Å². The van der Waals surface area contributed by atoms with E-state index in [0.717, 1.165) is 38.9 Å². The third kappa shape index (κ3) is 4.09.